The second-order valence-corrected chi connectivity index (χ2v) is 4.04. The molecule has 0 spiro atoms. The Morgan fingerprint density at radius 2 is 2.17 bits per heavy atom. The van der Waals surface area contributed by atoms with Crippen molar-refractivity contribution >= 4 is 16.6 Å². The normalized spacial score (nSPS) is 10.9. The topological polar surface area (TPSA) is 61.2 Å². The zero-order chi connectivity index (χ0) is 12.5. The van der Waals surface area contributed by atoms with Crippen molar-refractivity contribution in [2.75, 3.05) is 0 Å². The van der Waals surface area contributed by atoms with Crippen molar-refractivity contribution < 1.29 is 9.34 Å². The van der Waals surface area contributed by atoms with E-state index in [0.29, 0.717) is 11.9 Å². The third kappa shape index (κ3) is 1.66. The number of rotatable bonds is 3. The van der Waals surface area contributed by atoms with Crippen LogP contribution in [0.1, 0.15) is 5.56 Å². The highest BCUT2D eigenvalue weighted by atomic mass is 16.6. The van der Waals surface area contributed by atoms with Gasteiger partial charge < -0.3 is 8.98 Å². The van der Waals surface area contributed by atoms with E-state index >= 15 is 0 Å². The molecule has 1 aromatic carbocycles. The number of non-ortho nitro benzene ring substituents is 1. The number of furan rings is 1. The Kier molecular flexibility index (Phi) is 2.37. The molecule has 0 N–H and O–H groups in total. The van der Waals surface area contributed by atoms with Gasteiger partial charge in [0, 0.05) is 17.8 Å². The lowest BCUT2D eigenvalue weighted by molar-refractivity contribution is -0.383. The fraction of sp³-hybridized carbons (Fsp3) is 0.0769. The SMILES string of the molecule is O=[N+]([O-])c1cccc2c1ccn2Cc1ccoc1. The van der Waals surface area contributed by atoms with Gasteiger partial charge in [-0.2, -0.15) is 0 Å². The number of aromatic nitrogens is 1. The van der Waals surface area contributed by atoms with E-state index in [1.165, 1.54) is 6.07 Å². The molecule has 0 amide bonds. The fourth-order valence-corrected chi connectivity index (χ4v) is 2.08. The van der Waals surface area contributed by atoms with Crippen molar-refractivity contribution in [2.24, 2.45) is 0 Å². The first-order chi connectivity index (χ1) is 8.75. The quantitative estimate of drug-likeness (QED) is 0.523. The molecule has 0 aliphatic heterocycles. The summed E-state index contributed by atoms with van der Waals surface area (Å²) in [5.74, 6) is 0. The third-order valence-corrected chi connectivity index (χ3v) is 2.92. The summed E-state index contributed by atoms with van der Waals surface area (Å²) in [7, 11) is 0. The zero-order valence-electron chi connectivity index (χ0n) is 9.45. The van der Waals surface area contributed by atoms with Gasteiger partial charge in [-0.25, -0.2) is 0 Å². The monoisotopic (exact) mass is 242 g/mol. The van der Waals surface area contributed by atoms with Crippen LogP contribution in [0.3, 0.4) is 0 Å². The molecular formula is C13H10N2O3. The molecule has 0 unspecified atom stereocenters. The molecule has 2 heterocycles. The maximum Gasteiger partial charge on any atom is 0.278 e. The lowest BCUT2D eigenvalue weighted by atomic mass is 10.2. The molecule has 3 rings (SSSR count). The van der Waals surface area contributed by atoms with Crippen LogP contribution in [0.25, 0.3) is 10.9 Å². The van der Waals surface area contributed by atoms with Crippen LogP contribution in [0.15, 0.2) is 53.5 Å². The standard InChI is InChI=1S/C13H10N2O3/c16-15(17)13-3-1-2-12-11(13)4-6-14(12)8-10-5-7-18-9-10/h1-7,9H,8H2. The third-order valence-electron chi connectivity index (χ3n) is 2.92. The van der Waals surface area contributed by atoms with Gasteiger partial charge in [0.05, 0.1) is 34.9 Å². The van der Waals surface area contributed by atoms with Gasteiger partial charge in [-0.3, -0.25) is 10.1 Å². The fourth-order valence-electron chi connectivity index (χ4n) is 2.08. The maximum atomic E-state index is 10.9. The summed E-state index contributed by atoms with van der Waals surface area (Å²) >= 11 is 0. The molecule has 0 aliphatic rings. The molecule has 0 atom stereocenters. The van der Waals surface area contributed by atoms with Gasteiger partial charge in [0.15, 0.2) is 0 Å². The van der Waals surface area contributed by atoms with Gasteiger partial charge in [0.2, 0.25) is 0 Å². The Labute approximate surface area is 102 Å². The van der Waals surface area contributed by atoms with Crippen LogP contribution >= 0.6 is 0 Å². The number of nitro groups is 1. The van der Waals surface area contributed by atoms with E-state index < -0.39 is 0 Å². The summed E-state index contributed by atoms with van der Waals surface area (Å²) in [5.41, 5.74) is 2.02. The van der Waals surface area contributed by atoms with Crippen LogP contribution in [-0.4, -0.2) is 9.49 Å². The maximum absolute atomic E-state index is 10.9. The van der Waals surface area contributed by atoms with Gasteiger partial charge in [-0.05, 0) is 18.2 Å². The Morgan fingerprint density at radius 1 is 1.28 bits per heavy atom. The van der Waals surface area contributed by atoms with E-state index in [1.54, 1.807) is 24.7 Å². The molecule has 5 heteroatoms. The average Bonchev–Trinajstić information content (AvgIpc) is 2.99. The molecule has 18 heavy (non-hydrogen) atoms. The Morgan fingerprint density at radius 3 is 2.89 bits per heavy atom. The van der Waals surface area contributed by atoms with Gasteiger partial charge in [-0.1, -0.05) is 6.07 Å². The van der Waals surface area contributed by atoms with Crippen LogP contribution in [0.2, 0.25) is 0 Å². The number of fused-ring (bicyclic) bond motifs is 1. The number of nitro benzene ring substituents is 1. The molecule has 0 radical (unpaired) electrons. The number of hydrogen-bond acceptors (Lipinski definition) is 3. The van der Waals surface area contributed by atoms with Crippen LogP contribution < -0.4 is 0 Å². The van der Waals surface area contributed by atoms with E-state index in [9.17, 15) is 10.1 Å². The van der Waals surface area contributed by atoms with E-state index in [0.717, 1.165) is 11.1 Å². The van der Waals surface area contributed by atoms with Gasteiger partial charge in [0.25, 0.3) is 5.69 Å². The summed E-state index contributed by atoms with van der Waals surface area (Å²) in [6.07, 6.45) is 5.14. The predicted molar refractivity (Wildman–Crippen MR) is 66.4 cm³/mol. The highest BCUT2D eigenvalue weighted by molar-refractivity contribution is 5.89. The predicted octanol–water partition coefficient (Wildman–Crippen LogP) is 3.19. The molecule has 5 nitrogen and oxygen atoms in total. The van der Waals surface area contributed by atoms with E-state index in [2.05, 4.69) is 0 Å². The number of hydrogen-bond donors (Lipinski definition) is 0. The molecule has 0 aliphatic carbocycles. The first-order valence-corrected chi connectivity index (χ1v) is 5.49. The van der Waals surface area contributed by atoms with Gasteiger partial charge in [0.1, 0.15) is 0 Å². The summed E-state index contributed by atoms with van der Waals surface area (Å²) in [6, 6.07) is 8.75. The Hall–Kier alpha value is -2.56. The van der Waals surface area contributed by atoms with Crippen LogP contribution in [0, 0.1) is 10.1 Å². The van der Waals surface area contributed by atoms with E-state index in [-0.39, 0.29) is 10.6 Å². The van der Waals surface area contributed by atoms with Crippen LogP contribution in [0.5, 0.6) is 0 Å². The van der Waals surface area contributed by atoms with Gasteiger partial charge in [-0.15, -0.1) is 0 Å². The second-order valence-electron chi connectivity index (χ2n) is 4.04. The Bertz CT molecular complexity index is 698. The lowest BCUT2D eigenvalue weighted by Gasteiger charge is -2.02. The van der Waals surface area contributed by atoms with Crippen LogP contribution in [-0.2, 0) is 6.54 Å². The first-order valence-electron chi connectivity index (χ1n) is 5.49. The largest absolute Gasteiger partial charge is 0.472 e. The van der Waals surface area contributed by atoms with Crippen LogP contribution in [0.4, 0.5) is 5.69 Å². The minimum atomic E-state index is -0.357. The molecule has 0 saturated carbocycles. The summed E-state index contributed by atoms with van der Waals surface area (Å²) in [5, 5.41) is 11.6. The zero-order valence-corrected chi connectivity index (χ0v) is 9.45. The van der Waals surface area contributed by atoms with Crippen molar-refractivity contribution in [1.82, 2.24) is 4.57 Å². The summed E-state index contributed by atoms with van der Waals surface area (Å²) in [4.78, 5) is 10.6. The molecule has 3 aromatic rings. The highest BCUT2D eigenvalue weighted by Gasteiger charge is 2.13. The smallest absolute Gasteiger partial charge is 0.278 e. The summed E-state index contributed by atoms with van der Waals surface area (Å²) < 4.78 is 6.98. The molecule has 0 fully saturated rings. The van der Waals surface area contributed by atoms with Crippen molar-refractivity contribution in [3.63, 3.8) is 0 Å². The Balaban J connectivity index is 2.09. The first kappa shape index (κ1) is 10.6. The summed E-state index contributed by atoms with van der Waals surface area (Å²) in [6.45, 7) is 0.640. The molecule has 2 aromatic heterocycles. The van der Waals surface area contributed by atoms with Gasteiger partial charge >= 0.3 is 0 Å². The van der Waals surface area contributed by atoms with Crippen molar-refractivity contribution in [3.8, 4) is 0 Å². The highest BCUT2D eigenvalue weighted by Crippen LogP contribution is 2.26. The molecule has 0 bridgehead atoms. The van der Waals surface area contributed by atoms with E-state index in [4.69, 9.17) is 4.42 Å². The minimum absolute atomic E-state index is 0.137. The molecule has 0 saturated heterocycles. The molecule has 90 valence electrons. The van der Waals surface area contributed by atoms with E-state index in [1.807, 2.05) is 22.9 Å². The van der Waals surface area contributed by atoms with Crippen molar-refractivity contribution in [2.45, 2.75) is 6.54 Å². The lowest BCUT2D eigenvalue weighted by Crippen LogP contribution is -1.96. The number of nitrogens with zero attached hydrogens (tertiary/aromatic N) is 2. The molecular weight excluding hydrogens is 232 g/mol. The minimum Gasteiger partial charge on any atom is -0.472 e. The average molecular weight is 242 g/mol. The number of benzene rings is 1. The van der Waals surface area contributed by atoms with Crippen molar-refractivity contribution in [1.29, 1.82) is 0 Å². The van der Waals surface area contributed by atoms with Crippen molar-refractivity contribution in [3.05, 3.63) is 64.7 Å². The second kappa shape index (κ2) is 4.03.